The van der Waals surface area contributed by atoms with E-state index >= 15 is 0 Å². The topological polar surface area (TPSA) is 89.1 Å². The molecule has 0 aliphatic rings. The molecule has 2 N–H and O–H groups in total. The quantitative estimate of drug-likeness (QED) is 0.475. The first-order valence-corrected chi connectivity index (χ1v) is 8.86. The van der Waals surface area contributed by atoms with E-state index in [9.17, 15) is 4.79 Å². The van der Waals surface area contributed by atoms with Crippen LogP contribution >= 0.6 is 0 Å². The van der Waals surface area contributed by atoms with Crippen molar-refractivity contribution >= 4 is 22.8 Å². The average molecular weight is 386 g/mol. The molecule has 0 saturated carbocycles. The molecular weight excluding hydrogens is 368 g/mol. The van der Waals surface area contributed by atoms with Crippen LogP contribution in [0.25, 0.3) is 22.3 Å². The van der Waals surface area contributed by atoms with Crippen LogP contribution in [0.3, 0.4) is 0 Å². The molecule has 2 aromatic heterocycles. The Balaban J connectivity index is 1.63. The maximum Gasteiger partial charge on any atom is 0.247 e. The van der Waals surface area contributed by atoms with E-state index in [0.717, 1.165) is 16.9 Å². The van der Waals surface area contributed by atoms with E-state index in [1.54, 1.807) is 37.6 Å². The summed E-state index contributed by atoms with van der Waals surface area (Å²) in [6.07, 6.45) is 4.62. The molecule has 0 aliphatic heterocycles. The molecule has 0 fully saturated rings. The maximum atomic E-state index is 11.5. The van der Waals surface area contributed by atoms with E-state index in [-0.39, 0.29) is 5.91 Å². The van der Waals surface area contributed by atoms with Gasteiger partial charge in [0.1, 0.15) is 17.0 Å². The summed E-state index contributed by atoms with van der Waals surface area (Å²) < 4.78 is 11.1. The van der Waals surface area contributed by atoms with Gasteiger partial charge in [-0.1, -0.05) is 24.8 Å². The molecule has 7 nitrogen and oxygen atoms in total. The number of nitrogens with zero attached hydrogens (tertiary/aromatic N) is 2. The Labute approximate surface area is 167 Å². The van der Waals surface area contributed by atoms with Crippen molar-refractivity contribution in [2.24, 2.45) is 0 Å². The fraction of sp³-hybridized carbons (Fsp3) is 0.0455. The van der Waals surface area contributed by atoms with E-state index in [4.69, 9.17) is 9.47 Å². The van der Waals surface area contributed by atoms with Gasteiger partial charge in [0.15, 0.2) is 5.65 Å². The molecule has 2 heterocycles. The highest BCUT2D eigenvalue weighted by atomic mass is 16.5. The monoisotopic (exact) mass is 386 g/mol. The number of aromatic nitrogens is 3. The molecule has 7 heteroatoms. The summed E-state index contributed by atoms with van der Waals surface area (Å²) >= 11 is 0. The number of ether oxygens (including phenoxy) is 2. The van der Waals surface area contributed by atoms with Crippen LogP contribution < -0.4 is 14.8 Å². The molecule has 0 spiro atoms. The van der Waals surface area contributed by atoms with Gasteiger partial charge in [-0.25, -0.2) is 9.97 Å². The van der Waals surface area contributed by atoms with Gasteiger partial charge in [-0.05, 0) is 35.9 Å². The van der Waals surface area contributed by atoms with E-state index in [0.29, 0.717) is 28.5 Å². The second-order valence-electron chi connectivity index (χ2n) is 6.16. The second kappa shape index (κ2) is 7.85. The molecule has 144 valence electrons. The minimum Gasteiger partial charge on any atom is -0.497 e. The Hall–Kier alpha value is -4.13. The number of benzene rings is 2. The van der Waals surface area contributed by atoms with Crippen LogP contribution in [0.1, 0.15) is 0 Å². The number of nitrogens with one attached hydrogen (secondary N) is 2. The molecule has 4 aromatic rings. The van der Waals surface area contributed by atoms with Crippen molar-refractivity contribution in [1.29, 1.82) is 0 Å². The summed E-state index contributed by atoms with van der Waals surface area (Å²) in [6, 6.07) is 14.7. The molecule has 2 aromatic carbocycles. The summed E-state index contributed by atoms with van der Waals surface area (Å²) in [5.41, 5.74) is 3.85. The van der Waals surface area contributed by atoms with Gasteiger partial charge in [0.05, 0.1) is 13.3 Å². The molecule has 0 atom stereocenters. The maximum absolute atomic E-state index is 11.5. The predicted molar refractivity (Wildman–Crippen MR) is 111 cm³/mol. The van der Waals surface area contributed by atoms with Crippen molar-refractivity contribution in [1.82, 2.24) is 15.0 Å². The molecule has 4 rings (SSSR count). The highest BCUT2D eigenvalue weighted by Gasteiger charge is 2.11. The molecule has 0 saturated heterocycles. The number of fused-ring (bicyclic) bond motifs is 1. The van der Waals surface area contributed by atoms with Crippen LogP contribution in [0.2, 0.25) is 0 Å². The zero-order valence-electron chi connectivity index (χ0n) is 15.7. The molecular formula is C22H18N4O3. The first-order valence-electron chi connectivity index (χ1n) is 8.86. The van der Waals surface area contributed by atoms with Gasteiger partial charge in [-0.3, -0.25) is 4.79 Å². The molecule has 0 aliphatic carbocycles. The first kappa shape index (κ1) is 18.2. The van der Waals surface area contributed by atoms with Crippen LogP contribution in [-0.2, 0) is 4.79 Å². The highest BCUT2D eigenvalue weighted by molar-refractivity contribution is 5.99. The third kappa shape index (κ3) is 3.93. The standard InChI is InChI=1S/C22H18N4O3/c1-3-19(27)25-15-5-4-6-17(11-15)29-20-13-24-22-21(26-20)18(12-23-22)14-7-9-16(28-2)10-8-14/h3-13H,1H2,2H3,(H,23,24)(H,25,27). The minimum absolute atomic E-state index is 0.292. The van der Waals surface area contributed by atoms with Crippen molar-refractivity contribution in [2.45, 2.75) is 0 Å². The van der Waals surface area contributed by atoms with E-state index in [1.165, 1.54) is 6.08 Å². The average Bonchev–Trinajstić information content (AvgIpc) is 3.17. The van der Waals surface area contributed by atoms with E-state index in [1.807, 2.05) is 30.5 Å². The Kier molecular flexibility index (Phi) is 4.94. The second-order valence-corrected chi connectivity index (χ2v) is 6.16. The van der Waals surface area contributed by atoms with Gasteiger partial charge in [-0.15, -0.1) is 0 Å². The number of carbonyl (C=O) groups is 1. The van der Waals surface area contributed by atoms with Crippen molar-refractivity contribution < 1.29 is 14.3 Å². The minimum atomic E-state index is -0.292. The number of amides is 1. The van der Waals surface area contributed by atoms with Crippen molar-refractivity contribution in [3.8, 4) is 28.5 Å². The third-order valence-corrected chi connectivity index (χ3v) is 4.27. The Bertz CT molecular complexity index is 1180. The summed E-state index contributed by atoms with van der Waals surface area (Å²) in [7, 11) is 1.63. The zero-order chi connectivity index (χ0) is 20.2. The number of H-pyrrole nitrogens is 1. The lowest BCUT2D eigenvalue weighted by Gasteiger charge is -2.08. The van der Waals surface area contributed by atoms with Gasteiger partial charge < -0.3 is 19.8 Å². The van der Waals surface area contributed by atoms with Gasteiger partial charge in [0, 0.05) is 23.5 Å². The summed E-state index contributed by atoms with van der Waals surface area (Å²) in [4.78, 5) is 23.6. The largest absolute Gasteiger partial charge is 0.497 e. The number of hydrogen-bond acceptors (Lipinski definition) is 5. The molecule has 29 heavy (non-hydrogen) atoms. The van der Waals surface area contributed by atoms with Crippen LogP contribution in [0, 0.1) is 0 Å². The Morgan fingerprint density at radius 2 is 2.00 bits per heavy atom. The SMILES string of the molecule is C=CC(=O)Nc1cccc(Oc2cnc3[nH]cc(-c4ccc(OC)cc4)c3n2)c1. The lowest BCUT2D eigenvalue weighted by molar-refractivity contribution is -0.111. The first-order chi connectivity index (χ1) is 14.2. The molecule has 0 bridgehead atoms. The third-order valence-electron chi connectivity index (χ3n) is 4.27. The lowest BCUT2D eigenvalue weighted by atomic mass is 10.1. The number of rotatable bonds is 6. The normalized spacial score (nSPS) is 10.5. The molecule has 0 unspecified atom stereocenters. The van der Waals surface area contributed by atoms with Crippen molar-refractivity contribution in [2.75, 3.05) is 12.4 Å². The summed E-state index contributed by atoms with van der Waals surface area (Å²) in [5, 5.41) is 2.69. The fourth-order valence-corrected chi connectivity index (χ4v) is 2.87. The number of methoxy groups -OCH3 is 1. The number of carbonyl (C=O) groups excluding carboxylic acids is 1. The number of hydrogen-bond donors (Lipinski definition) is 2. The zero-order valence-corrected chi connectivity index (χ0v) is 15.7. The smallest absolute Gasteiger partial charge is 0.247 e. The van der Waals surface area contributed by atoms with Gasteiger partial charge >= 0.3 is 0 Å². The Morgan fingerprint density at radius 3 is 2.76 bits per heavy atom. The lowest BCUT2D eigenvalue weighted by Crippen LogP contribution is -2.07. The van der Waals surface area contributed by atoms with Crippen molar-refractivity contribution in [3.63, 3.8) is 0 Å². The number of aromatic amines is 1. The van der Waals surface area contributed by atoms with Crippen LogP contribution in [0.4, 0.5) is 5.69 Å². The van der Waals surface area contributed by atoms with E-state index in [2.05, 4.69) is 26.8 Å². The Morgan fingerprint density at radius 1 is 1.17 bits per heavy atom. The van der Waals surface area contributed by atoms with E-state index < -0.39 is 0 Å². The van der Waals surface area contributed by atoms with Gasteiger partial charge in [0.25, 0.3) is 0 Å². The predicted octanol–water partition coefficient (Wildman–Crippen LogP) is 4.55. The fourth-order valence-electron chi connectivity index (χ4n) is 2.87. The van der Waals surface area contributed by atoms with Crippen LogP contribution in [0.5, 0.6) is 17.4 Å². The number of anilines is 1. The van der Waals surface area contributed by atoms with Crippen molar-refractivity contribution in [3.05, 3.63) is 73.6 Å². The molecule has 0 radical (unpaired) electrons. The van der Waals surface area contributed by atoms with Gasteiger partial charge in [0.2, 0.25) is 11.8 Å². The van der Waals surface area contributed by atoms with Crippen LogP contribution in [0.15, 0.2) is 73.6 Å². The van der Waals surface area contributed by atoms with Crippen LogP contribution in [-0.4, -0.2) is 28.0 Å². The molecule has 1 amide bonds. The highest BCUT2D eigenvalue weighted by Crippen LogP contribution is 2.30. The van der Waals surface area contributed by atoms with Gasteiger partial charge in [-0.2, -0.15) is 0 Å². The summed E-state index contributed by atoms with van der Waals surface area (Å²) in [5.74, 6) is 1.37. The summed E-state index contributed by atoms with van der Waals surface area (Å²) in [6.45, 7) is 3.44.